The quantitative estimate of drug-likeness (QED) is 0.906. The third-order valence-corrected chi connectivity index (χ3v) is 3.75. The van der Waals surface area contributed by atoms with E-state index in [1.165, 1.54) is 5.56 Å². The lowest BCUT2D eigenvalue weighted by Crippen LogP contribution is -2.36. The Kier molecular flexibility index (Phi) is 5.65. The van der Waals surface area contributed by atoms with Gasteiger partial charge in [0, 0.05) is 26.2 Å². The van der Waals surface area contributed by atoms with Crippen LogP contribution in [0.5, 0.6) is 0 Å². The number of nitrogens with zero attached hydrogens (tertiary/aromatic N) is 1. The van der Waals surface area contributed by atoms with Crippen molar-refractivity contribution in [3.8, 4) is 0 Å². The number of fused-ring (bicyclic) bond motifs is 1. The van der Waals surface area contributed by atoms with Crippen molar-refractivity contribution in [2.45, 2.75) is 52.3 Å². The van der Waals surface area contributed by atoms with Crippen molar-refractivity contribution in [1.29, 1.82) is 0 Å². The molecule has 1 aliphatic heterocycles. The number of para-hydroxylation sites is 1. The lowest BCUT2D eigenvalue weighted by Gasteiger charge is -2.26. The normalized spacial score (nSPS) is 15.4. The molecule has 0 fully saturated rings. The summed E-state index contributed by atoms with van der Waals surface area (Å²) < 4.78 is 10.7. The van der Waals surface area contributed by atoms with Crippen LogP contribution in [0.25, 0.3) is 0 Å². The van der Waals surface area contributed by atoms with Crippen LogP contribution in [0, 0.1) is 0 Å². The summed E-state index contributed by atoms with van der Waals surface area (Å²) in [6.45, 7) is 9.79. The van der Waals surface area contributed by atoms with Crippen molar-refractivity contribution in [2.24, 2.45) is 0 Å². The molecule has 128 valence electrons. The summed E-state index contributed by atoms with van der Waals surface area (Å²) in [7, 11) is 1.70. The third kappa shape index (κ3) is 4.69. The van der Waals surface area contributed by atoms with Crippen molar-refractivity contribution >= 4 is 11.8 Å². The number of benzene rings is 1. The van der Waals surface area contributed by atoms with E-state index in [-0.39, 0.29) is 12.1 Å². The van der Waals surface area contributed by atoms with Gasteiger partial charge in [0.1, 0.15) is 5.60 Å². The van der Waals surface area contributed by atoms with Gasteiger partial charge in [0.25, 0.3) is 0 Å². The Balaban J connectivity index is 2.15. The van der Waals surface area contributed by atoms with Crippen LogP contribution < -0.4 is 10.2 Å². The number of nitrogens with one attached hydrogen (secondary N) is 1. The molecule has 0 bridgehead atoms. The fourth-order valence-corrected chi connectivity index (χ4v) is 2.77. The molecular weight excluding hydrogens is 292 g/mol. The van der Waals surface area contributed by atoms with Gasteiger partial charge in [0.2, 0.25) is 0 Å². The van der Waals surface area contributed by atoms with E-state index in [2.05, 4.69) is 30.4 Å². The first-order valence-corrected chi connectivity index (χ1v) is 8.15. The van der Waals surface area contributed by atoms with Crippen LogP contribution in [0.3, 0.4) is 0 Å². The zero-order chi connectivity index (χ0) is 17.0. The SMILES string of the molecule is COCC(C)NCc1cccc2c1N(C(=O)OC(C)(C)C)CC2. The van der Waals surface area contributed by atoms with E-state index in [0.29, 0.717) is 19.7 Å². The minimum Gasteiger partial charge on any atom is -0.443 e. The molecule has 1 amide bonds. The summed E-state index contributed by atoms with van der Waals surface area (Å²) in [6, 6.07) is 6.46. The Morgan fingerprint density at radius 1 is 1.39 bits per heavy atom. The molecule has 1 heterocycles. The second-order valence-corrected chi connectivity index (χ2v) is 7.04. The predicted octanol–water partition coefficient (Wildman–Crippen LogP) is 3.11. The van der Waals surface area contributed by atoms with Crippen molar-refractivity contribution in [1.82, 2.24) is 5.32 Å². The van der Waals surface area contributed by atoms with E-state index in [1.807, 2.05) is 20.8 Å². The van der Waals surface area contributed by atoms with E-state index >= 15 is 0 Å². The maximum absolute atomic E-state index is 12.5. The van der Waals surface area contributed by atoms with Gasteiger partial charge in [-0.25, -0.2) is 4.79 Å². The fourth-order valence-electron chi connectivity index (χ4n) is 2.77. The van der Waals surface area contributed by atoms with Gasteiger partial charge in [0.15, 0.2) is 0 Å². The molecule has 0 saturated heterocycles. The molecule has 0 saturated carbocycles. The van der Waals surface area contributed by atoms with Crippen LogP contribution in [0.4, 0.5) is 10.5 Å². The Labute approximate surface area is 139 Å². The Hall–Kier alpha value is -1.59. The average molecular weight is 320 g/mol. The van der Waals surface area contributed by atoms with Gasteiger partial charge in [-0.1, -0.05) is 18.2 Å². The second-order valence-electron chi connectivity index (χ2n) is 7.04. The van der Waals surface area contributed by atoms with Gasteiger partial charge >= 0.3 is 6.09 Å². The lowest BCUT2D eigenvalue weighted by molar-refractivity contribution is 0.0583. The van der Waals surface area contributed by atoms with Crippen LogP contribution in [0.2, 0.25) is 0 Å². The van der Waals surface area contributed by atoms with Crippen molar-refractivity contribution in [3.63, 3.8) is 0 Å². The second kappa shape index (κ2) is 7.32. The highest BCUT2D eigenvalue weighted by molar-refractivity contribution is 5.91. The first-order valence-electron chi connectivity index (χ1n) is 8.15. The van der Waals surface area contributed by atoms with Gasteiger partial charge < -0.3 is 14.8 Å². The molecule has 1 aliphatic rings. The first kappa shape index (κ1) is 17.8. The molecule has 5 heteroatoms. The highest BCUT2D eigenvalue weighted by atomic mass is 16.6. The molecule has 0 radical (unpaired) electrons. The van der Waals surface area contributed by atoms with E-state index < -0.39 is 5.60 Å². The van der Waals surface area contributed by atoms with Crippen LogP contribution in [0.15, 0.2) is 18.2 Å². The molecule has 5 nitrogen and oxygen atoms in total. The zero-order valence-corrected chi connectivity index (χ0v) is 14.8. The van der Waals surface area contributed by atoms with Gasteiger partial charge in [-0.3, -0.25) is 4.90 Å². The average Bonchev–Trinajstić information content (AvgIpc) is 2.88. The molecule has 1 atom stereocenters. The number of anilines is 1. The van der Waals surface area contributed by atoms with Crippen LogP contribution in [0.1, 0.15) is 38.8 Å². The third-order valence-electron chi connectivity index (χ3n) is 3.75. The van der Waals surface area contributed by atoms with Crippen molar-refractivity contribution in [3.05, 3.63) is 29.3 Å². The molecule has 0 aromatic heterocycles. The highest BCUT2D eigenvalue weighted by Crippen LogP contribution is 2.33. The maximum atomic E-state index is 12.5. The fraction of sp³-hybridized carbons (Fsp3) is 0.611. The number of carbonyl (C=O) groups is 1. The Morgan fingerprint density at radius 2 is 2.13 bits per heavy atom. The van der Waals surface area contributed by atoms with E-state index in [4.69, 9.17) is 9.47 Å². The summed E-state index contributed by atoms with van der Waals surface area (Å²) in [5, 5.41) is 3.43. The molecule has 2 rings (SSSR count). The Bertz CT molecular complexity index is 552. The summed E-state index contributed by atoms with van der Waals surface area (Å²) in [5.74, 6) is 0. The molecule has 23 heavy (non-hydrogen) atoms. The number of hydrogen-bond acceptors (Lipinski definition) is 4. The molecule has 0 spiro atoms. The standard InChI is InChI=1S/C18H28N2O3/c1-13(12-22-5)19-11-15-8-6-7-14-9-10-20(16(14)15)17(21)23-18(2,3)4/h6-8,13,19H,9-12H2,1-5H3. The topological polar surface area (TPSA) is 50.8 Å². The zero-order valence-electron chi connectivity index (χ0n) is 14.8. The number of amides is 1. The smallest absolute Gasteiger partial charge is 0.414 e. The van der Waals surface area contributed by atoms with E-state index in [1.54, 1.807) is 12.0 Å². The molecule has 0 aliphatic carbocycles. The largest absolute Gasteiger partial charge is 0.443 e. The first-order chi connectivity index (χ1) is 10.8. The molecule has 1 aromatic carbocycles. The summed E-state index contributed by atoms with van der Waals surface area (Å²) in [5.41, 5.74) is 2.84. The van der Waals surface area contributed by atoms with Gasteiger partial charge in [0.05, 0.1) is 12.3 Å². The molecule has 1 unspecified atom stereocenters. The molecule has 1 aromatic rings. The van der Waals surface area contributed by atoms with Crippen LogP contribution in [-0.2, 0) is 22.4 Å². The minimum atomic E-state index is -0.486. The van der Waals surface area contributed by atoms with Crippen molar-refractivity contribution in [2.75, 3.05) is 25.2 Å². The lowest BCUT2D eigenvalue weighted by atomic mass is 10.1. The van der Waals surface area contributed by atoms with Crippen molar-refractivity contribution < 1.29 is 14.3 Å². The number of ether oxygens (including phenoxy) is 2. The summed E-state index contributed by atoms with van der Waals surface area (Å²) >= 11 is 0. The number of carbonyl (C=O) groups excluding carboxylic acids is 1. The summed E-state index contributed by atoms with van der Waals surface area (Å²) in [4.78, 5) is 14.2. The summed E-state index contributed by atoms with van der Waals surface area (Å²) in [6.07, 6.45) is 0.601. The Morgan fingerprint density at radius 3 is 2.78 bits per heavy atom. The van der Waals surface area contributed by atoms with Gasteiger partial charge in [-0.05, 0) is 45.2 Å². The van der Waals surface area contributed by atoms with Crippen LogP contribution in [-0.4, -0.2) is 38.0 Å². The minimum absolute atomic E-state index is 0.257. The van der Waals surface area contributed by atoms with E-state index in [0.717, 1.165) is 17.7 Å². The number of hydrogen-bond donors (Lipinski definition) is 1. The van der Waals surface area contributed by atoms with Gasteiger partial charge in [-0.15, -0.1) is 0 Å². The van der Waals surface area contributed by atoms with Crippen LogP contribution >= 0.6 is 0 Å². The van der Waals surface area contributed by atoms with Gasteiger partial charge in [-0.2, -0.15) is 0 Å². The number of rotatable bonds is 5. The maximum Gasteiger partial charge on any atom is 0.414 e. The predicted molar refractivity (Wildman–Crippen MR) is 91.9 cm³/mol. The van der Waals surface area contributed by atoms with E-state index in [9.17, 15) is 4.79 Å². The molecular formula is C18H28N2O3. The monoisotopic (exact) mass is 320 g/mol. The molecule has 1 N–H and O–H groups in total. The number of methoxy groups -OCH3 is 1. The highest BCUT2D eigenvalue weighted by Gasteiger charge is 2.30.